The molecule has 7 nitrogen and oxygen atoms in total. The number of halogens is 1. The molecule has 5 rings (SSSR count). The van der Waals surface area contributed by atoms with E-state index in [1.807, 2.05) is 29.7 Å². The van der Waals surface area contributed by atoms with Crippen molar-refractivity contribution in [3.05, 3.63) is 86.3 Å². The fraction of sp³-hybridized carbons (Fsp3) is 0.292. The molecule has 0 saturated carbocycles. The van der Waals surface area contributed by atoms with E-state index in [2.05, 4.69) is 17.9 Å². The van der Waals surface area contributed by atoms with Crippen LogP contribution in [0.2, 0.25) is 0 Å². The summed E-state index contributed by atoms with van der Waals surface area (Å²) >= 11 is 0. The van der Waals surface area contributed by atoms with E-state index in [-0.39, 0.29) is 23.8 Å². The molecule has 2 aromatic heterocycles. The maximum absolute atomic E-state index is 13.5. The van der Waals surface area contributed by atoms with Crippen LogP contribution in [0.4, 0.5) is 16.0 Å². The summed E-state index contributed by atoms with van der Waals surface area (Å²) in [7, 11) is 1.63. The lowest BCUT2D eigenvalue weighted by Crippen LogP contribution is -2.40. The van der Waals surface area contributed by atoms with Crippen molar-refractivity contribution in [3.8, 4) is 0 Å². The molecule has 1 atom stereocenters. The van der Waals surface area contributed by atoms with Crippen LogP contribution in [0.25, 0.3) is 11.2 Å². The van der Waals surface area contributed by atoms with Crippen molar-refractivity contribution in [1.82, 2.24) is 18.7 Å². The van der Waals surface area contributed by atoms with Gasteiger partial charge in [0.1, 0.15) is 5.82 Å². The molecular formula is C24H24FN5O2. The van der Waals surface area contributed by atoms with Crippen molar-refractivity contribution >= 4 is 22.8 Å². The van der Waals surface area contributed by atoms with Crippen molar-refractivity contribution in [2.45, 2.75) is 26.9 Å². The van der Waals surface area contributed by atoms with Gasteiger partial charge in [-0.15, -0.1) is 0 Å². The van der Waals surface area contributed by atoms with E-state index in [1.165, 1.54) is 21.3 Å². The Balaban J connectivity index is 1.72. The van der Waals surface area contributed by atoms with E-state index in [9.17, 15) is 14.0 Å². The number of aryl methyl sites for hydroxylation is 2. The van der Waals surface area contributed by atoms with Crippen LogP contribution in [0.3, 0.4) is 0 Å². The van der Waals surface area contributed by atoms with Gasteiger partial charge in [0.25, 0.3) is 5.56 Å². The van der Waals surface area contributed by atoms with Crippen LogP contribution < -0.4 is 16.1 Å². The van der Waals surface area contributed by atoms with Gasteiger partial charge in [0, 0.05) is 25.8 Å². The lowest BCUT2D eigenvalue weighted by atomic mass is 10.1. The second-order valence-corrected chi connectivity index (χ2v) is 8.61. The first-order valence-electron chi connectivity index (χ1n) is 10.6. The zero-order valence-electron chi connectivity index (χ0n) is 18.2. The highest BCUT2D eigenvalue weighted by Crippen LogP contribution is 2.33. The molecule has 4 aromatic rings. The van der Waals surface area contributed by atoms with E-state index < -0.39 is 5.69 Å². The molecule has 32 heavy (non-hydrogen) atoms. The van der Waals surface area contributed by atoms with Crippen molar-refractivity contribution in [3.63, 3.8) is 0 Å². The third-order valence-corrected chi connectivity index (χ3v) is 6.01. The third-order valence-electron chi connectivity index (χ3n) is 6.01. The Kier molecular flexibility index (Phi) is 4.73. The summed E-state index contributed by atoms with van der Waals surface area (Å²) in [5.74, 6) is 0.581. The summed E-state index contributed by atoms with van der Waals surface area (Å²) in [6.45, 7) is 5.65. The smallest absolute Gasteiger partial charge is 0.312 e. The largest absolute Gasteiger partial charge is 0.332 e. The number of anilines is 2. The van der Waals surface area contributed by atoms with Gasteiger partial charge in [0.2, 0.25) is 5.95 Å². The number of imidazole rings is 1. The van der Waals surface area contributed by atoms with Crippen LogP contribution in [0, 0.1) is 18.7 Å². The summed E-state index contributed by atoms with van der Waals surface area (Å²) in [5, 5.41) is 0. The molecule has 0 spiro atoms. The Hall–Kier alpha value is -3.68. The number of fused-ring (bicyclic) bond motifs is 3. The monoisotopic (exact) mass is 433 g/mol. The Morgan fingerprint density at radius 3 is 2.56 bits per heavy atom. The van der Waals surface area contributed by atoms with Gasteiger partial charge in [-0.1, -0.05) is 31.2 Å². The molecule has 1 aliphatic heterocycles. The molecule has 1 aliphatic rings. The summed E-state index contributed by atoms with van der Waals surface area (Å²) < 4.78 is 17.8. The molecule has 0 N–H and O–H groups in total. The van der Waals surface area contributed by atoms with Gasteiger partial charge in [-0.2, -0.15) is 4.98 Å². The van der Waals surface area contributed by atoms with Crippen LogP contribution >= 0.6 is 0 Å². The molecule has 0 aliphatic carbocycles. The third kappa shape index (κ3) is 3.23. The fourth-order valence-corrected chi connectivity index (χ4v) is 4.43. The number of rotatable bonds is 3. The molecular weight excluding hydrogens is 409 g/mol. The lowest BCUT2D eigenvalue weighted by Gasteiger charge is -2.33. The Labute approximate surface area is 184 Å². The number of benzene rings is 2. The second kappa shape index (κ2) is 7.47. The molecule has 3 heterocycles. The quantitative estimate of drug-likeness (QED) is 0.498. The number of aromatic nitrogens is 4. The van der Waals surface area contributed by atoms with Crippen molar-refractivity contribution < 1.29 is 4.39 Å². The Bertz CT molecular complexity index is 1450. The van der Waals surface area contributed by atoms with Crippen LogP contribution in [0.1, 0.15) is 18.1 Å². The fourth-order valence-electron chi connectivity index (χ4n) is 4.43. The van der Waals surface area contributed by atoms with Crippen molar-refractivity contribution in [1.29, 1.82) is 0 Å². The number of nitrogens with zero attached hydrogens (tertiary/aromatic N) is 5. The average molecular weight is 433 g/mol. The van der Waals surface area contributed by atoms with E-state index in [0.29, 0.717) is 29.2 Å². The van der Waals surface area contributed by atoms with E-state index in [0.717, 1.165) is 17.8 Å². The molecule has 0 amide bonds. The van der Waals surface area contributed by atoms with Gasteiger partial charge >= 0.3 is 5.69 Å². The highest BCUT2D eigenvalue weighted by Gasteiger charge is 2.29. The van der Waals surface area contributed by atoms with Gasteiger partial charge in [-0.25, -0.2) is 9.18 Å². The molecule has 0 radical (unpaired) electrons. The van der Waals surface area contributed by atoms with Gasteiger partial charge in [-0.05, 0) is 48.2 Å². The van der Waals surface area contributed by atoms with E-state index >= 15 is 0 Å². The Morgan fingerprint density at radius 2 is 1.84 bits per heavy atom. The molecule has 2 aromatic carbocycles. The first-order chi connectivity index (χ1) is 15.3. The molecule has 0 saturated heterocycles. The maximum Gasteiger partial charge on any atom is 0.332 e. The summed E-state index contributed by atoms with van der Waals surface area (Å²) in [6, 6.07) is 14.0. The first kappa shape index (κ1) is 20.2. The lowest BCUT2D eigenvalue weighted by molar-refractivity contribution is 0.458. The van der Waals surface area contributed by atoms with Gasteiger partial charge in [0.05, 0.1) is 6.54 Å². The standard InChI is InChI=1S/C24H24FN5O2/c1-15-5-4-6-19(11-15)28-12-16(2)13-29-20-21(26-23(28)29)27(3)24(32)30(22(20)31)14-17-7-9-18(25)10-8-17/h4-11,16H,12-14H2,1-3H3/t16-/m0/s1. The second-order valence-electron chi connectivity index (χ2n) is 8.61. The zero-order valence-corrected chi connectivity index (χ0v) is 18.2. The van der Waals surface area contributed by atoms with Crippen LogP contribution in [-0.4, -0.2) is 25.2 Å². The number of hydrogen-bond donors (Lipinski definition) is 0. The molecule has 0 fully saturated rings. The summed E-state index contributed by atoms with van der Waals surface area (Å²) in [5.41, 5.74) is 2.77. The zero-order chi connectivity index (χ0) is 22.6. The van der Waals surface area contributed by atoms with Crippen LogP contribution in [0.15, 0.2) is 58.1 Å². The number of hydrogen-bond acceptors (Lipinski definition) is 4. The average Bonchev–Trinajstić information content (AvgIpc) is 3.15. The van der Waals surface area contributed by atoms with Crippen molar-refractivity contribution in [2.24, 2.45) is 13.0 Å². The highest BCUT2D eigenvalue weighted by molar-refractivity contribution is 5.77. The first-order valence-corrected chi connectivity index (χ1v) is 10.6. The highest BCUT2D eigenvalue weighted by atomic mass is 19.1. The normalized spacial score (nSPS) is 15.9. The molecule has 8 heteroatoms. The predicted octanol–water partition coefficient (Wildman–Crippen LogP) is 3.18. The SMILES string of the molecule is Cc1cccc(N2C[C@H](C)Cn3c2nc2c3c(=O)n(Cc3ccc(F)cc3)c(=O)n2C)c1. The van der Waals surface area contributed by atoms with E-state index in [1.54, 1.807) is 19.2 Å². The Morgan fingerprint density at radius 1 is 1.09 bits per heavy atom. The van der Waals surface area contributed by atoms with Crippen molar-refractivity contribution in [2.75, 3.05) is 11.4 Å². The molecule has 164 valence electrons. The minimum Gasteiger partial charge on any atom is -0.312 e. The van der Waals surface area contributed by atoms with E-state index in [4.69, 9.17) is 4.98 Å². The van der Waals surface area contributed by atoms with Crippen LogP contribution in [-0.2, 0) is 20.1 Å². The molecule has 0 unspecified atom stereocenters. The molecule has 0 bridgehead atoms. The summed E-state index contributed by atoms with van der Waals surface area (Å²) in [4.78, 5) is 33.4. The topological polar surface area (TPSA) is 65.1 Å². The maximum atomic E-state index is 13.5. The predicted molar refractivity (Wildman–Crippen MR) is 122 cm³/mol. The minimum atomic E-state index is -0.447. The summed E-state index contributed by atoms with van der Waals surface area (Å²) in [6.07, 6.45) is 0. The van der Waals surface area contributed by atoms with Gasteiger partial charge < -0.3 is 9.47 Å². The minimum absolute atomic E-state index is 0.0688. The van der Waals surface area contributed by atoms with Crippen LogP contribution in [0.5, 0.6) is 0 Å². The van der Waals surface area contributed by atoms with Gasteiger partial charge in [-0.3, -0.25) is 13.9 Å². The van der Waals surface area contributed by atoms with Gasteiger partial charge in [0.15, 0.2) is 11.2 Å².